The van der Waals surface area contributed by atoms with E-state index in [2.05, 4.69) is 15.2 Å². The van der Waals surface area contributed by atoms with Gasteiger partial charge < -0.3 is 20.4 Å². The Morgan fingerprint density at radius 1 is 1.28 bits per heavy atom. The second kappa shape index (κ2) is 7.45. The van der Waals surface area contributed by atoms with Crippen LogP contribution in [0.2, 0.25) is 0 Å². The van der Waals surface area contributed by atoms with Gasteiger partial charge in [-0.05, 0) is 17.8 Å². The fourth-order valence-electron chi connectivity index (χ4n) is 1.17. The molecule has 0 aliphatic carbocycles. The fraction of sp³-hybridized carbons (Fsp3) is 0.300. The molecule has 0 bridgehead atoms. The van der Waals surface area contributed by atoms with Crippen LogP contribution in [0.3, 0.4) is 0 Å². The van der Waals surface area contributed by atoms with Crippen LogP contribution in [0.25, 0.3) is 0 Å². The zero-order valence-corrected chi connectivity index (χ0v) is 11.3. The first kappa shape index (κ1) is 15.1. The maximum Gasteiger partial charge on any atom is 0.469 e. The normalized spacial score (nSPS) is 11.0. The lowest BCUT2D eigenvalue weighted by Gasteiger charge is -2.11. The molecule has 0 fully saturated rings. The summed E-state index contributed by atoms with van der Waals surface area (Å²) in [6.45, 7) is 0.704. The largest absolute Gasteiger partial charge is 0.469 e. The van der Waals surface area contributed by atoms with Crippen molar-refractivity contribution in [2.75, 3.05) is 13.2 Å². The van der Waals surface area contributed by atoms with Crippen molar-refractivity contribution in [2.24, 2.45) is 0 Å². The molecule has 0 radical (unpaired) electrons. The summed E-state index contributed by atoms with van der Waals surface area (Å²) in [7, 11) is -4.39. The van der Waals surface area contributed by atoms with Crippen LogP contribution >= 0.6 is 20.0 Å². The first-order chi connectivity index (χ1) is 8.47. The van der Waals surface area contributed by atoms with Crippen molar-refractivity contribution < 1.29 is 18.9 Å². The van der Waals surface area contributed by atoms with Crippen molar-refractivity contribution in [1.29, 1.82) is 0 Å². The molecule has 4 N–H and O–H groups in total. The monoisotopic (exact) mass is 290 g/mol. The first-order valence-corrected chi connectivity index (χ1v) is 7.17. The highest BCUT2D eigenvalue weighted by atomic mass is 32.1. The SMILES string of the molecule is O=P(O)(O)OCCNC(=S)NCc1ccccc1. The van der Waals surface area contributed by atoms with Crippen molar-refractivity contribution >= 4 is 25.2 Å². The van der Waals surface area contributed by atoms with E-state index < -0.39 is 7.82 Å². The Hall–Kier alpha value is -0.980. The zero-order chi connectivity index (χ0) is 13.4. The summed E-state index contributed by atoms with van der Waals surface area (Å²) in [5.41, 5.74) is 1.09. The minimum absolute atomic E-state index is 0.114. The average molecular weight is 290 g/mol. The molecule has 0 aromatic heterocycles. The highest BCUT2D eigenvalue weighted by Crippen LogP contribution is 2.34. The third-order valence-electron chi connectivity index (χ3n) is 1.94. The summed E-state index contributed by atoms with van der Waals surface area (Å²) < 4.78 is 14.6. The Labute approximate surface area is 111 Å². The number of rotatable bonds is 6. The number of thiocarbonyl (C=S) groups is 1. The van der Waals surface area contributed by atoms with E-state index in [1.165, 1.54) is 0 Å². The van der Waals surface area contributed by atoms with Gasteiger partial charge in [-0.1, -0.05) is 30.3 Å². The van der Waals surface area contributed by atoms with Gasteiger partial charge in [0.2, 0.25) is 0 Å². The molecule has 0 saturated carbocycles. The maximum absolute atomic E-state index is 10.4. The number of hydrogen-bond donors (Lipinski definition) is 4. The Morgan fingerprint density at radius 3 is 2.56 bits per heavy atom. The third-order valence-corrected chi connectivity index (χ3v) is 2.75. The van der Waals surface area contributed by atoms with Crippen molar-refractivity contribution in [2.45, 2.75) is 6.54 Å². The highest BCUT2D eigenvalue weighted by molar-refractivity contribution is 7.80. The van der Waals surface area contributed by atoms with Crippen molar-refractivity contribution in [1.82, 2.24) is 10.6 Å². The average Bonchev–Trinajstić information content (AvgIpc) is 2.32. The van der Waals surface area contributed by atoms with E-state index in [4.69, 9.17) is 22.0 Å². The van der Waals surface area contributed by atoms with Crippen LogP contribution in [-0.4, -0.2) is 28.1 Å². The quantitative estimate of drug-likeness (QED) is 0.349. The smallest absolute Gasteiger partial charge is 0.360 e. The standard InChI is InChI=1S/C10H15N2O4PS/c13-17(14,15)16-7-6-11-10(18)12-8-9-4-2-1-3-5-9/h1-5H,6-8H2,(H2,11,12,18)(H2,13,14,15). The van der Waals surface area contributed by atoms with E-state index in [9.17, 15) is 4.57 Å². The highest BCUT2D eigenvalue weighted by Gasteiger charge is 2.12. The van der Waals surface area contributed by atoms with Crippen LogP contribution < -0.4 is 10.6 Å². The van der Waals surface area contributed by atoms with Gasteiger partial charge in [-0.25, -0.2) is 4.57 Å². The van der Waals surface area contributed by atoms with E-state index in [-0.39, 0.29) is 13.2 Å². The van der Waals surface area contributed by atoms with Gasteiger partial charge in [0.15, 0.2) is 5.11 Å². The van der Waals surface area contributed by atoms with Crippen LogP contribution in [0.4, 0.5) is 0 Å². The van der Waals surface area contributed by atoms with Crippen molar-refractivity contribution in [3.05, 3.63) is 35.9 Å². The number of nitrogens with one attached hydrogen (secondary N) is 2. The molecule has 0 heterocycles. The minimum atomic E-state index is -4.39. The second-order valence-electron chi connectivity index (χ2n) is 3.42. The third kappa shape index (κ3) is 7.37. The van der Waals surface area contributed by atoms with Crippen LogP contribution in [0, 0.1) is 0 Å². The molecule has 8 heteroatoms. The van der Waals surface area contributed by atoms with Gasteiger partial charge >= 0.3 is 7.82 Å². The molecular weight excluding hydrogens is 275 g/mol. The maximum atomic E-state index is 10.4. The Balaban J connectivity index is 2.13. The number of benzene rings is 1. The molecule has 1 aromatic carbocycles. The molecule has 0 aliphatic rings. The number of hydrogen-bond acceptors (Lipinski definition) is 3. The fourth-order valence-corrected chi connectivity index (χ4v) is 1.67. The number of phosphoric ester groups is 1. The summed E-state index contributed by atoms with van der Waals surface area (Å²) in [6.07, 6.45) is 0. The molecular formula is C10H15N2O4PS. The van der Waals surface area contributed by atoms with E-state index in [0.29, 0.717) is 11.7 Å². The lowest BCUT2D eigenvalue weighted by Crippen LogP contribution is -2.36. The Kier molecular flexibility index (Phi) is 6.24. The summed E-state index contributed by atoms with van der Waals surface area (Å²) in [6, 6.07) is 9.72. The molecule has 0 aliphatic heterocycles. The summed E-state index contributed by atoms with van der Waals surface area (Å²) in [5.74, 6) is 0. The molecule has 0 unspecified atom stereocenters. The molecule has 0 spiro atoms. The van der Waals surface area contributed by atoms with Crippen LogP contribution in [-0.2, 0) is 15.6 Å². The Morgan fingerprint density at radius 2 is 1.94 bits per heavy atom. The molecule has 100 valence electrons. The second-order valence-corrected chi connectivity index (χ2v) is 5.07. The van der Waals surface area contributed by atoms with Crippen molar-refractivity contribution in [3.63, 3.8) is 0 Å². The van der Waals surface area contributed by atoms with Gasteiger partial charge in [0.1, 0.15) is 0 Å². The number of phosphoric acid groups is 1. The molecule has 0 saturated heterocycles. The van der Waals surface area contributed by atoms with Gasteiger partial charge in [0.05, 0.1) is 6.61 Å². The molecule has 18 heavy (non-hydrogen) atoms. The van der Waals surface area contributed by atoms with Gasteiger partial charge in [-0.15, -0.1) is 0 Å². The van der Waals surface area contributed by atoms with Crippen LogP contribution in [0.5, 0.6) is 0 Å². The summed E-state index contributed by atoms with van der Waals surface area (Å²) >= 11 is 4.99. The van der Waals surface area contributed by atoms with Gasteiger partial charge in [0.25, 0.3) is 0 Å². The van der Waals surface area contributed by atoms with Crippen LogP contribution in [0.15, 0.2) is 30.3 Å². The summed E-state index contributed by atoms with van der Waals surface area (Å²) in [4.78, 5) is 16.9. The van der Waals surface area contributed by atoms with E-state index >= 15 is 0 Å². The van der Waals surface area contributed by atoms with E-state index in [1.54, 1.807) is 0 Å². The predicted molar refractivity (Wildman–Crippen MR) is 71.9 cm³/mol. The molecule has 6 nitrogen and oxygen atoms in total. The molecule has 0 atom stereocenters. The van der Waals surface area contributed by atoms with E-state index in [0.717, 1.165) is 5.56 Å². The molecule has 1 aromatic rings. The van der Waals surface area contributed by atoms with Gasteiger partial charge in [0, 0.05) is 13.1 Å². The summed E-state index contributed by atoms with van der Waals surface area (Å²) in [5, 5.41) is 6.16. The van der Waals surface area contributed by atoms with Crippen molar-refractivity contribution in [3.8, 4) is 0 Å². The topological polar surface area (TPSA) is 90.8 Å². The first-order valence-electron chi connectivity index (χ1n) is 5.23. The van der Waals surface area contributed by atoms with E-state index in [1.807, 2.05) is 30.3 Å². The predicted octanol–water partition coefficient (Wildman–Crippen LogP) is 0.760. The lowest BCUT2D eigenvalue weighted by atomic mass is 10.2. The minimum Gasteiger partial charge on any atom is -0.360 e. The lowest BCUT2D eigenvalue weighted by molar-refractivity contribution is 0.200. The Bertz CT molecular complexity index is 423. The van der Waals surface area contributed by atoms with Gasteiger partial charge in [-0.2, -0.15) is 0 Å². The van der Waals surface area contributed by atoms with Gasteiger partial charge in [-0.3, -0.25) is 4.52 Å². The molecule has 0 amide bonds. The van der Waals surface area contributed by atoms with Crippen LogP contribution in [0.1, 0.15) is 5.56 Å². The zero-order valence-electron chi connectivity index (χ0n) is 9.57. The molecule has 1 rings (SSSR count).